The Balaban J connectivity index is 2.14. The molecule has 0 fully saturated rings. The minimum absolute atomic E-state index is 0.0987. The maximum atomic E-state index is 11.3. The van der Waals surface area contributed by atoms with Crippen LogP contribution in [0.5, 0.6) is 5.75 Å². The van der Waals surface area contributed by atoms with Crippen molar-refractivity contribution in [3.8, 4) is 5.75 Å². The van der Waals surface area contributed by atoms with E-state index in [4.69, 9.17) is 9.88 Å². The highest BCUT2D eigenvalue weighted by atomic mass is 32.2. The number of ether oxygens (including phenoxy) is 1. The molecule has 0 unspecified atom stereocenters. The van der Waals surface area contributed by atoms with Crippen molar-refractivity contribution in [3.05, 3.63) is 35.9 Å². The van der Waals surface area contributed by atoms with E-state index < -0.39 is 10.0 Å². The Bertz CT molecular complexity index is 709. The van der Waals surface area contributed by atoms with E-state index in [1.807, 2.05) is 6.92 Å². The van der Waals surface area contributed by atoms with Crippen LogP contribution in [0.4, 0.5) is 0 Å². The minimum Gasteiger partial charge on any atom is -0.486 e. The van der Waals surface area contributed by atoms with Gasteiger partial charge in [-0.1, -0.05) is 0 Å². The first kappa shape index (κ1) is 14.5. The topological polar surface area (TPSA) is 100 Å². The molecular weight excluding hydrogens is 280 g/mol. The maximum Gasteiger partial charge on any atom is 0.238 e. The predicted octanol–water partition coefficient (Wildman–Crippen LogP) is 0.833. The van der Waals surface area contributed by atoms with Crippen LogP contribution in [0, 0.1) is 6.92 Å². The van der Waals surface area contributed by atoms with E-state index in [0.717, 1.165) is 0 Å². The van der Waals surface area contributed by atoms with Gasteiger partial charge in [0.1, 0.15) is 18.7 Å². The van der Waals surface area contributed by atoms with Crippen LogP contribution in [0.3, 0.4) is 0 Å². The third kappa shape index (κ3) is 3.14. The quantitative estimate of drug-likeness (QED) is 0.881. The number of nitrogens with zero attached hydrogens (tertiary/aromatic N) is 3. The largest absolute Gasteiger partial charge is 0.486 e. The summed E-state index contributed by atoms with van der Waals surface area (Å²) in [7, 11) is -3.70. The molecule has 0 amide bonds. The Kier molecular flexibility index (Phi) is 4.05. The molecule has 1 heterocycles. The summed E-state index contributed by atoms with van der Waals surface area (Å²) in [4.78, 5) is 4.19. The summed E-state index contributed by atoms with van der Waals surface area (Å²) in [5.74, 6) is 1.27. The third-order valence-electron chi connectivity index (χ3n) is 2.82. The molecule has 7 nitrogen and oxygen atoms in total. The molecule has 0 bridgehead atoms. The van der Waals surface area contributed by atoms with Gasteiger partial charge in [0, 0.05) is 6.54 Å². The molecule has 8 heteroatoms. The Morgan fingerprint density at radius 1 is 1.40 bits per heavy atom. The van der Waals surface area contributed by atoms with Crippen LogP contribution >= 0.6 is 0 Å². The molecule has 0 saturated heterocycles. The highest BCUT2D eigenvalue weighted by Crippen LogP contribution is 2.20. The first-order valence-corrected chi connectivity index (χ1v) is 7.59. The number of rotatable bonds is 5. The number of primary sulfonamides is 1. The second-order valence-corrected chi connectivity index (χ2v) is 5.78. The zero-order valence-electron chi connectivity index (χ0n) is 11.3. The summed E-state index contributed by atoms with van der Waals surface area (Å²) in [6.07, 6.45) is 1.47. The van der Waals surface area contributed by atoms with E-state index in [0.29, 0.717) is 23.7 Å². The minimum atomic E-state index is -3.70. The Hall–Kier alpha value is -1.93. The molecule has 1 aromatic heterocycles. The number of hydrogen-bond acceptors (Lipinski definition) is 5. The monoisotopic (exact) mass is 296 g/mol. The molecule has 2 rings (SSSR count). The third-order valence-corrected chi connectivity index (χ3v) is 3.89. The fourth-order valence-corrected chi connectivity index (χ4v) is 2.61. The predicted molar refractivity (Wildman–Crippen MR) is 72.6 cm³/mol. The summed E-state index contributed by atoms with van der Waals surface area (Å²) in [5.41, 5.74) is 0.543. The molecule has 0 atom stereocenters. The summed E-state index contributed by atoms with van der Waals surface area (Å²) in [6, 6.07) is 4.64. The van der Waals surface area contributed by atoms with Crippen LogP contribution in [0.25, 0.3) is 0 Å². The van der Waals surface area contributed by atoms with Crippen molar-refractivity contribution in [2.45, 2.75) is 31.9 Å². The fourth-order valence-electron chi connectivity index (χ4n) is 1.84. The van der Waals surface area contributed by atoms with Gasteiger partial charge in [0.25, 0.3) is 0 Å². The normalized spacial score (nSPS) is 11.6. The number of sulfonamides is 1. The van der Waals surface area contributed by atoms with Gasteiger partial charge < -0.3 is 4.74 Å². The molecule has 0 radical (unpaired) electrons. The second-order valence-electron chi connectivity index (χ2n) is 4.25. The van der Waals surface area contributed by atoms with Crippen LogP contribution in [-0.4, -0.2) is 23.2 Å². The molecule has 20 heavy (non-hydrogen) atoms. The lowest BCUT2D eigenvalue weighted by molar-refractivity contribution is 0.287. The maximum absolute atomic E-state index is 11.3. The molecule has 0 spiro atoms. The first-order valence-electron chi connectivity index (χ1n) is 6.04. The van der Waals surface area contributed by atoms with Crippen molar-refractivity contribution in [1.29, 1.82) is 0 Å². The van der Waals surface area contributed by atoms with E-state index in [1.165, 1.54) is 12.4 Å². The highest BCUT2D eigenvalue weighted by molar-refractivity contribution is 7.89. The molecule has 0 saturated carbocycles. The molecule has 0 aliphatic heterocycles. The van der Waals surface area contributed by atoms with Crippen LogP contribution in [0.15, 0.2) is 29.4 Å². The Morgan fingerprint density at radius 3 is 2.75 bits per heavy atom. The molecule has 108 valence electrons. The first-order chi connectivity index (χ1) is 9.41. The molecule has 2 N–H and O–H groups in total. The average molecular weight is 296 g/mol. The van der Waals surface area contributed by atoms with Gasteiger partial charge >= 0.3 is 0 Å². The van der Waals surface area contributed by atoms with Crippen LogP contribution < -0.4 is 9.88 Å². The fraction of sp³-hybridized carbons (Fsp3) is 0.333. The van der Waals surface area contributed by atoms with Crippen LogP contribution in [0.1, 0.15) is 18.3 Å². The molecular formula is C12H16N4O3S. The summed E-state index contributed by atoms with van der Waals surface area (Å²) >= 11 is 0. The van der Waals surface area contributed by atoms with Crippen molar-refractivity contribution in [3.63, 3.8) is 0 Å². The summed E-state index contributed by atoms with van der Waals surface area (Å²) < 4.78 is 29.9. The van der Waals surface area contributed by atoms with Crippen LogP contribution in [0.2, 0.25) is 0 Å². The second kappa shape index (κ2) is 5.59. The molecule has 2 aromatic rings. The lowest BCUT2D eigenvalue weighted by Gasteiger charge is -2.09. The Morgan fingerprint density at radius 2 is 2.15 bits per heavy atom. The Labute approximate surface area is 117 Å². The highest BCUT2D eigenvalue weighted by Gasteiger charge is 2.12. The zero-order valence-corrected chi connectivity index (χ0v) is 12.1. The van der Waals surface area contributed by atoms with Gasteiger partial charge in [0.15, 0.2) is 5.82 Å². The standard InChI is InChI=1S/C12H16N4O3S/c1-3-16-12(14-8-15-16)7-19-10-4-5-11(9(2)6-10)20(13,17)18/h4-6,8H,3,7H2,1-2H3,(H2,13,17,18). The van der Waals surface area contributed by atoms with Gasteiger partial charge in [-0.2, -0.15) is 5.10 Å². The summed E-state index contributed by atoms with van der Waals surface area (Å²) in [6.45, 7) is 4.61. The van der Waals surface area contributed by atoms with E-state index in [2.05, 4.69) is 10.1 Å². The van der Waals surface area contributed by atoms with Gasteiger partial charge in [-0.3, -0.25) is 0 Å². The van der Waals surface area contributed by atoms with E-state index in [1.54, 1.807) is 23.7 Å². The van der Waals surface area contributed by atoms with Gasteiger partial charge in [-0.15, -0.1) is 0 Å². The van der Waals surface area contributed by atoms with E-state index in [-0.39, 0.29) is 11.5 Å². The molecule has 0 aliphatic rings. The van der Waals surface area contributed by atoms with E-state index >= 15 is 0 Å². The van der Waals surface area contributed by atoms with Gasteiger partial charge in [-0.25, -0.2) is 23.2 Å². The number of benzene rings is 1. The number of aryl methyl sites for hydroxylation is 2. The van der Waals surface area contributed by atoms with Crippen molar-refractivity contribution < 1.29 is 13.2 Å². The lowest BCUT2D eigenvalue weighted by atomic mass is 10.2. The van der Waals surface area contributed by atoms with E-state index in [9.17, 15) is 8.42 Å². The van der Waals surface area contributed by atoms with Crippen LogP contribution in [-0.2, 0) is 23.2 Å². The smallest absolute Gasteiger partial charge is 0.238 e. The lowest BCUT2D eigenvalue weighted by Crippen LogP contribution is -2.13. The van der Waals surface area contributed by atoms with Gasteiger partial charge in [0.05, 0.1) is 4.90 Å². The molecule has 0 aliphatic carbocycles. The van der Waals surface area contributed by atoms with Crippen molar-refractivity contribution in [1.82, 2.24) is 14.8 Å². The van der Waals surface area contributed by atoms with Crippen molar-refractivity contribution in [2.75, 3.05) is 0 Å². The SMILES string of the molecule is CCn1ncnc1COc1ccc(S(N)(=O)=O)c(C)c1. The number of aromatic nitrogens is 3. The zero-order chi connectivity index (χ0) is 14.8. The average Bonchev–Trinajstić information content (AvgIpc) is 2.82. The van der Waals surface area contributed by atoms with Crippen molar-refractivity contribution >= 4 is 10.0 Å². The number of nitrogens with two attached hydrogens (primary N) is 1. The summed E-state index contributed by atoms with van der Waals surface area (Å²) in [5, 5.41) is 9.15. The van der Waals surface area contributed by atoms with Gasteiger partial charge in [-0.05, 0) is 37.6 Å². The number of hydrogen-bond donors (Lipinski definition) is 1. The van der Waals surface area contributed by atoms with Crippen molar-refractivity contribution in [2.24, 2.45) is 5.14 Å². The van der Waals surface area contributed by atoms with Gasteiger partial charge in [0.2, 0.25) is 10.0 Å². The molecule has 1 aromatic carbocycles.